The van der Waals surface area contributed by atoms with Gasteiger partial charge in [0, 0.05) is 11.6 Å². The van der Waals surface area contributed by atoms with Crippen LogP contribution in [0.15, 0.2) is 40.4 Å². The minimum atomic E-state index is -0.300. The quantitative estimate of drug-likeness (QED) is 0.856. The molecule has 3 rings (SSSR count). The molecule has 2 aromatic rings. The van der Waals surface area contributed by atoms with Gasteiger partial charge in [-0.25, -0.2) is 0 Å². The molecule has 0 aliphatic carbocycles. The number of nitrogens with zero attached hydrogens (tertiary/aromatic N) is 2. The first kappa shape index (κ1) is 12.7. The molecule has 6 heteroatoms. The van der Waals surface area contributed by atoms with Crippen LogP contribution in [0, 0.1) is 0 Å². The van der Waals surface area contributed by atoms with Crippen molar-refractivity contribution in [3.63, 3.8) is 0 Å². The molecular formula is C14H11N3O2S. The number of methoxy groups -OCH3 is 1. The number of amidine groups is 1. The summed E-state index contributed by atoms with van der Waals surface area (Å²) in [7, 11) is 1.62. The zero-order chi connectivity index (χ0) is 14.1. The summed E-state index contributed by atoms with van der Waals surface area (Å²) in [4.78, 5) is 20.1. The zero-order valence-corrected chi connectivity index (χ0v) is 11.5. The minimum absolute atomic E-state index is 0.279. The third kappa shape index (κ3) is 2.25. The molecule has 0 saturated carbocycles. The van der Waals surface area contributed by atoms with E-state index in [1.807, 2.05) is 18.2 Å². The Bertz CT molecular complexity index is 768. The van der Waals surface area contributed by atoms with Crippen LogP contribution in [-0.4, -0.2) is 23.2 Å². The average Bonchev–Trinajstić information content (AvgIpc) is 2.76. The summed E-state index contributed by atoms with van der Waals surface area (Å²) in [5.41, 5.74) is 7.25. The summed E-state index contributed by atoms with van der Waals surface area (Å²) in [6.07, 6.45) is 3.46. The number of fused-ring (bicyclic) bond motifs is 1. The summed E-state index contributed by atoms with van der Waals surface area (Å²) in [5.74, 6) is 0.446. The van der Waals surface area contributed by atoms with Crippen LogP contribution in [-0.2, 0) is 4.79 Å². The van der Waals surface area contributed by atoms with E-state index in [4.69, 9.17) is 10.5 Å². The van der Waals surface area contributed by atoms with Crippen molar-refractivity contribution < 1.29 is 9.53 Å². The Morgan fingerprint density at radius 2 is 2.20 bits per heavy atom. The maximum Gasteiger partial charge on any atom is 0.286 e. The molecule has 2 N–H and O–H groups in total. The van der Waals surface area contributed by atoms with Crippen molar-refractivity contribution in [2.24, 2.45) is 10.7 Å². The van der Waals surface area contributed by atoms with E-state index < -0.39 is 0 Å². The third-order valence-corrected chi connectivity index (χ3v) is 3.69. The van der Waals surface area contributed by atoms with E-state index in [1.54, 1.807) is 25.4 Å². The van der Waals surface area contributed by atoms with Crippen LogP contribution >= 0.6 is 11.8 Å². The number of hydrogen-bond donors (Lipinski definition) is 1. The lowest BCUT2D eigenvalue weighted by Gasteiger charge is -2.05. The van der Waals surface area contributed by atoms with Crippen molar-refractivity contribution in [2.45, 2.75) is 0 Å². The van der Waals surface area contributed by atoms with Crippen molar-refractivity contribution in [1.29, 1.82) is 0 Å². The molecule has 0 bridgehead atoms. The lowest BCUT2D eigenvalue weighted by Crippen LogP contribution is -2.01. The van der Waals surface area contributed by atoms with Crippen LogP contribution in [0.5, 0.6) is 5.75 Å². The predicted octanol–water partition coefficient (Wildman–Crippen LogP) is 2.17. The van der Waals surface area contributed by atoms with Gasteiger partial charge in [-0.15, -0.1) is 0 Å². The highest BCUT2D eigenvalue weighted by molar-refractivity contribution is 8.18. The van der Waals surface area contributed by atoms with E-state index in [2.05, 4.69) is 9.98 Å². The number of carbonyl (C=O) groups is 1. The number of aliphatic imine (C=N–C) groups is 1. The topological polar surface area (TPSA) is 77.6 Å². The van der Waals surface area contributed by atoms with Crippen molar-refractivity contribution in [3.05, 3.63) is 40.9 Å². The number of carbonyl (C=O) groups excluding carboxylic acids is 1. The van der Waals surface area contributed by atoms with Crippen molar-refractivity contribution in [3.8, 4) is 5.75 Å². The van der Waals surface area contributed by atoms with E-state index in [-0.39, 0.29) is 11.1 Å². The molecule has 1 aliphatic heterocycles. The zero-order valence-electron chi connectivity index (χ0n) is 10.7. The first-order valence-corrected chi connectivity index (χ1v) is 6.70. The first-order chi connectivity index (χ1) is 9.67. The van der Waals surface area contributed by atoms with Gasteiger partial charge in [0.2, 0.25) is 0 Å². The second-order valence-electron chi connectivity index (χ2n) is 4.16. The first-order valence-electron chi connectivity index (χ1n) is 5.88. The van der Waals surface area contributed by atoms with Crippen LogP contribution in [0.1, 0.15) is 5.56 Å². The Balaban J connectivity index is 2.06. The van der Waals surface area contributed by atoms with Gasteiger partial charge in [-0.1, -0.05) is 6.07 Å². The number of rotatable bonds is 2. The Kier molecular flexibility index (Phi) is 3.15. The van der Waals surface area contributed by atoms with Crippen LogP contribution in [0.4, 0.5) is 0 Å². The molecule has 0 spiro atoms. The van der Waals surface area contributed by atoms with Crippen LogP contribution in [0.25, 0.3) is 17.0 Å². The van der Waals surface area contributed by atoms with Crippen molar-refractivity contribution in [1.82, 2.24) is 4.98 Å². The summed E-state index contributed by atoms with van der Waals surface area (Å²) in [5, 5.41) is 1.18. The largest absolute Gasteiger partial charge is 0.496 e. The van der Waals surface area contributed by atoms with Crippen LogP contribution < -0.4 is 10.5 Å². The number of thioether (sulfide) groups is 1. The van der Waals surface area contributed by atoms with Gasteiger partial charge in [-0.3, -0.25) is 9.78 Å². The van der Waals surface area contributed by atoms with Crippen molar-refractivity contribution in [2.75, 3.05) is 7.11 Å². The molecule has 5 nitrogen and oxygen atoms in total. The summed E-state index contributed by atoms with van der Waals surface area (Å²) >= 11 is 1.18. The average molecular weight is 285 g/mol. The molecule has 0 atom stereocenters. The second kappa shape index (κ2) is 4.97. The standard InChI is InChI=1S/C14H11N3O2S/c1-19-11-4-5-16-10-3-2-8(6-9(10)11)7-12-13(18)17-14(15)20-12/h2-7H,1H3,(H2,15,17,18)/b12-7+. The van der Waals surface area contributed by atoms with Gasteiger partial charge in [0.1, 0.15) is 5.75 Å². The third-order valence-electron chi connectivity index (χ3n) is 2.88. The Morgan fingerprint density at radius 1 is 1.35 bits per heavy atom. The fourth-order valence-electron chi connectivity index (χ4n) is 1.98. The predicted molar refractivity (Wildman–Crippen MR) is 80.5 cm³/mol. The van der Waals surface area contributed by atoms with Crippen LogP contribution in [0.2, 0.25) is 0 Å². The molecule has 1 aliphatic rings. The maximum absolute atomic E-state index is 11.6. The Hall–Kier alpha value is -2.34. The molecule has 0 unspecified atom stereocenters. The van der Waals surface area contributed by atoms with Gasteiger partial charge in [0.25, 0.3) is 5.91 Å². The molecular weight excluding hydrogens is 274 g/mol. The van der Waals surface area contributed by atoms with Gasteiger partial charge in [-0.2, -0.15) is 4.99 Å². The highest BCUT2D eigenvalue weighted by Gasteiger charge is 2.19. The highest BCUT2D eigenvalue weighted by atomic mass is 32.2. The minimum Gasteiger partial charge on any atom is -0.496 e. The monoisotopic (exact) mass is 285 g/mol. The van der Waals surface area contributed by atoms with E-state index >= 15 is 0 Å². The molecule has 20 heavy (non-hydrogen) atoms. The SMILES string of the molecule is COc1ccnc2ccc(/C=C3/SC(N)=NC3=O)cc12. The van der Waals surface area contributed by atoms with Gasteiger partial charge in [0.15, 0.2) is 5.17 Å². The lowest BCUT2D eigenvalue weighted by atomic mass is 10.1. The van der Waals surface area contributed by atoms with E-state index in [9.17, 15) is 4.79 Å². The number of benzene rings is 1. The highest BCUT2D eigenvalue weighted by Crippen LogP contribution is 2.29. The van der Waals surface area contributed by atoms with Crippen molar-refractivity contribution >= 4 is 39.8 Å². The molecule has 1 aromatic heterocycles. The summed E-state index contributed by atoms with van der Waals surface area (Å²) in [6, 6.07) is 7.51. The summed E-state index contributed by atoms with van der Waals surface area (Å²) in [6.45, 7) is 0. The smallest absolute Gasteiger partial charge is 0.286 e. The number of aromatic nitrogens is 1. The van der Waals surface area contributed by atoms with E-state index in [0.717, 1.165) is 22.2 Å². The number of amides is 1. The summed E-state index contributed by atoms with van der Waals surface area (Å²) < 4.78 is 5.32. The van der Waals surface area contributed by atoms with Gasteiger partial charge >= 0.3 is 0 Å². The molecule has 2 heterocycles. The Labute approximate surface area is 119 Å². The maximum atomic E-state index is 11.6. The number of ether oxygens (including phenoxy) is 1. The molecule has 0 fully saturated rings. The van der Waals surface area contributed by atoms with Crippen LogP contribution in [0.3, 0.4) is 0 Å². The molecule has 1 amide bonds. The number of pyridine rings is 1. The fraction of sp³-hybridized carbons (Fsp3) is 0.0714. The van der Waals surface area contributed by atoms with E-state index in [0.29, 0.717) is 4.91 Å². The lowest BCUT2D eigenvalue weighted by molar-refractivity contribution is -0.113. The fourth-order valence-corrected chi connectivity index (χ4v) is 2.67. The number of nitrogens with two attached hydrogens (primary N) is 1. The number of hydrogen-bond acceptors (Lipinski definition) is 5. The van der Waals surface area contributed by atoms with E-state index in [1.165, 1.54) is 11.8 Å². The van der Waals surface area contributed by atoms with Gasteiger partial charge < -0.3 is 10.5 Å². The van der Waals surface area contributed by atoms with Gasteiger partial charge in [-0.05, 0) is 41.6 Å². The van der Waals surface area contributed by atoms with Gasteiger partial charge in [0.05, 0.1) is 17.5 Å². The molecule has 1 aromatic carbocycles. The molecule has 0 saturated heterocycles. The molecule has 100 valence electrons. The second-order valence-corrected chi connectivity index (χ2v) is 5.22. The Morgan fingerprint density at radius 3 is 2.90 bits per heavy atom. The molecule has 0 radical (unpaired) electrons. The normalized spacial score (nSPS) is 16.8.